The second kappa shape index (κ2) is 9.69. The molecule has 0 atom stereocenters. The number of carbonyl (C=O) groups excluding carboxylic acids is 3. The largest absolute Gasteiger partial charge is 0.490 e. The maximum atomic E-state index is 12.7. The number of thioether (sulfide) groups is 1. The summed E-state index contributed by atoms with van der Waals surface area (Å²) in [7, 11) is 0. The Hall–Kier alpha value is -2.97. The molecule has 9 heteroatoms. The summed E-state index contributed by atoms with van der Waals surface area (Å²) in [5.41, 5.74) is 6.52. The van der Waals surface area contributed by atoms with Gasteiger partial charge >= 0.3 is 0 Å². The van der Waals surface area contributed by atoms with E-state index in [9.17, 15) is 14.4 Å². The summed E-state index contributed by atoms with van der Waals surface area (Å²) in [5, 5.41) is 0.190. The number of carbonyl (C=O) groups is 3. The number of imide groups is 1. The first kappa shape index (κ1) is 21.7. The number of rotatable bonds is 8. The van der Waals surface area contributed by atoms with Crippen molar-refractivity contribution in [1.82, 2.24) is 4.90 Å². The van der Waals surface area contributed by atoms with E-state index in [-0.39, 0.29) is 24.3 Å². The summed E-state index contributed by atoms with van der Waals surface area (Å²) in [6.07, 6.45) is 1.61. The molecule has 3 amide bonds. The first-order valence-electron chi connectivity index (χ1n) is 9.05. The normalized spacial score (nSPS) is 15.0. The van der Waals surface area contributed by atoms with Crippen molar-refractivity contribution >= 4 is 46.5 Å². The van der Waals surface area contributed by atoms with E-state index >= 15 is 0 Å². The van der Waals surface area contributed by atoms with Crippen molar-refractivity contribution in [1.29, 1.82) is 0 Å². The van der Waals surface area contributed by atoms with E-state index in [1.807, 2.05) is 6.92 Å². The minimum Gasteiger partial charge on any atom is -0.490 e. The van der Waals surface area contributed by atoms with Gasteiger partial charge in [-0.05, 0) is 60.2 Å². The highest BCUT2D eigenvalue weighted by Gasteiger charge is 2.35. The molecular formula is C21H19ClN2O5S. The summed E-state index contributed by atoms with van der Waals surface area (Å²) in [5.74, 6) is -0.209. The lowest BCUT2D eigenvalue weighted by molar-refractivity contribution is -0.123. The highest BCUT2D eigenvalue weighted by atomic mass is 35.5. The first-order valence-corrected chi connectivity index (χ1v) is 10.2. The Morgan fingerprint density at radius 1 is 1.17 bits per heavy atom. The van der Waals surface area contributed by atoms with Gasteiger partial charge < -0.3 is 15.2 Å². The van der Waals surface area contributed by atoms with Crippen LogP contribution in [0.25, 0.3) is 6.08 Å². The van der Waals surface area contributed by atoms with Crippen LogP contribution >= 0.6 is 23.4 Å². The van der Waals surface area contributed by atoms with E-state index < -0.39 is 5.91 Å². The Kier molecular flexibility index (Phi) is 7.02. The van der Waals surface area contributed by atoms with E-state index in [1.165, 1.54) is 4.90 Å². The highest BCUT2D eigenvalue weighted by Crippen LogP contribution is 2.35. The van der Waals surface area contributed by atoms with Crippen molar-refractivity contribution in [2.75, 3.05) is 13.2 Å². The van der Waals surface area contributed by atoms with Gasteiger partial charge in [0, 0.05) is 5.02 Å². The van der Waals surface area contributed by atoms with Crippen molar-refractivity contribution in [3.8, 4) is 11.5 Å². The monoisotopic (exact) mass is 446 g/mol. The number of hydrogen-bond donors (Lipinski definition) is 1. The van der Waals surface area contributed by atoms with Gasteiger partial charge in [-0.1, -0.05) is 29.8 Å². The summed E-state index contributed by atoms with van der Waals surface area (Å²) in [6.45, 7) is 2.06. The third kappa shape index (κ3) is 5.34. The molecule has 0 spiro atoms. The number of primary amides is 1. The number of benzene rings is 2. The Balaban J connectivity index is 1.80. The molecule has 1 heterocycles. The highest BCUT2D eigenvalue weighted by molar-refractivity contribution is 8.18. The molecular weight excluding hydrogens is 428 g/mol. The van der Waals surface area contributed by atoms with Crippen molar-refractivity contribution in [3.63, 3.8) is 0 Å². The minimum atomic E-state index is -0.602. The van der Waals surface area contributed by atoms with Gasteiger partial charge in [0.25, 0.3) is 17.1 Å². The van der Waals surface area contributed by atoms with Crippen LogP contribution in [0.4, 0.5) is 4.79 Å². The van der Waals surface area contributed by atoms with Gasteiger partial charge in [0.15, 0.2) is 18.1 Å². The molecule has 7 nitrogen and oxygen atoms in total. The smallest absolute Gasteiger partial charge is 0.293 e. The van der Waals surface area contributed by atoms with Crippen LogP contribution in [0.5, 0.6) is 11.5 Å². The van der Waals surface area contributed by atoms with Gasteiger partial charge in [0.05, 0.1) is 18.1 Å². The maximum absolute atomic E-state index is 12.7. The SMILES string of the molecule is CCOc1cc(/C=C2\SC(=O)N(Cc3cccc(Cl)c3)C2=O)ccc1OCC(N)=O. The molecule has 2 N–H and O–H groups in total. The molecule has 1 aliphatic heterocycles. The summed E-state index contributed by atoms with van der Waals surface area (Å²) >= 11 is 6.85. The lowest BCUT2D eigenvalue weighted by atomic mass is 10.1. The minimum absolute atomic E-state index is 0.145. The Morgan fingerprint density at radius 2 is 1.97 bits per heavy atom. The average Bonchev–Trinajstić information content (AvgIpc) is 2.95. The fourth-order valence-electron chi connectivity index (χ4n) is 2.76. The molecule has 0 bridgehead atoms. The third-order valence-corrected chi connectivity index (χ3v) is 5.18. The number of nitrogens with two attached hydrogens (primary N) is 1. The Morgan fingerprint density at radius 3 is 2.67 bits per heavy atom. The van der Waals surface area contributed by atoms with Crippen molar-refractivity contribution in [2.45, 2.75) is 13.5 Å². The molecule has 0 aliphatic carbocycles. The molecule has 0 aromatic heterocycles. The second-order valence-electron chi connectivity index (χ2n) is 6.29. The second-order valence-corrected chi connectivity index (χ2v) is 7.72. The van der Waals surface area contributed by atoms with Gasteiger partial charge in [-0.15, -0.1) is 0 Å². The summed E-state index contributed by atoms with van der Waals surface area (Å²) in [6, 6.07) is 12.0. The molecule has 1 saturated heterocycles. The zero-order chi connectivity index (χ0) is 21.7. The number of amides is 3. The molecule has 2 aromatic rings. The molecule has 0 unspecified atom stereocenters. The van der Waals surface area contributed by atoms with Crippen LogP contribution in [0, 0.1) is 0 Å². The van der Waals surface area contributed by atoms with E-state index in [2.05, 4.69) is 0 Å². The molecule has 1 fully saturated rings. The number of hydrogen-bond acceptors (Lipinski definition) is 6. The van der Waals surface area contributed by atoms with Crippen LogP contribution in [0.2, 0.25) is 5.02 Å². The van der Waals surface area contributed by atoms with E-state index in [4.69, 9.17) is 26.8 Å². The lowest BCUT2D eigenvalue weighted by Crippen LogP contribution is -2.27. The predicted molar refractivity (Wildman–Crippen MR) is 115 cm³/mol. The molecule has 2 aromatic carbocycles. The fourth-order valence-corrected chi connectivity index (χ4v) is 3.81. The van der Waals surface area contributed by atoms with E-state index in [0.29, 0.717) is 33.6 Å². The van der Waals surface area contributed by atoms with Gasteiger partial charge in [-0.25, -0.2) is 0 Å². The van der Waals surface area contributed by atoms with Crippen molar-refractivity contribution < 1.29 is 23.9 Å². The predicted octanol–water partition coefficient (Wildman–Crippen LogP) is 3.84. The fraction of sp³-hybridized carbons (Fsp3) is 0.190. The van der Waals surface area contributed by atoms with Crippen molar-refractivity contribution in [2.24, 2.45) is 5.73 Å². The van der Waals surface area contributed by atoms with Crippen molar-refractivity contribution in [3.05, 3.63) is 63.5 Å². The van der Waals surface area contributed by atoms with Gasteiger partial charge in [0.2, 0.25) is 0 Å². The Bertz CT molecular complexity index is 1020. The molecule has 3 rings (SSSR count). The molecule has 1 aliphatic rings. The number of ether oxygens (including phenoxy) is 2. The van der Waals surface area contributed by atoms with Crippen LogP contribution in [-0.2, 0) is 16.1 Å². The van der Waals surface area contributed by atoms with Crippen LogP contribution < -0.4 is 15.2 Å². The molecule has 30 heavy (non-hydrogen) atoms. The average molecular weight is 447 g/mol. The van der Waals surface area contributed by atoms with E-state index in [1.54, 1.807) is 48.5 Å². The van der Waals surface area contributed by atoms with Crippen LogP contribution in [0.15, 0.2) is 47.4 Å². The van der Waals surface area contributed by atoms with Gasteiger partial charge in [0.1, 0.15) is 0 Å². The number of nitrogens with zero attached hydrogens (tertiary/aromatic N) is 1. The van der Waals surface area contributed by atoms with Crippen LogP contribution in [-0.4, -0.2) is 35.2 Å². The molecule has 0 saturated carbocycles. The van der Waals surface area contributed by atoms with Gasteiger partial charge in [-0.3, -0.25) is 19.3 Å². The third-order valence-electron chi connectivity index (χ3n) is 4.04. The quantitative estimate of drug-likeness (QED) is 0.618. The van der Waals surface area contributed by atoms with Crippen LogP contribution in [0.3, 0.4) is 0 Å². The molecule has 0 radical (unpaired) electrons. The standard InChI is InChI=1S/C21H19ClN2O5S/c1-2-28-17-9-13(6-7-16(17)29-12-19(23)25)10-18-20(26)24(21(27)30-18)11-14-4-3-5-15(22)8-14/h3-10H,2,11-12H2,1H3,(H2,23,25)/b18-10-. The maximum Gasteiger partial charge on any atom is 0.293 e. The summed E-state index contributed by atoms with van der Waals surface area (Å²) < 4.78 is 10.9. The lowest BCUT2D eigenvalue weighted by Gasteiger charge is -2.13. The summed E-state index contributed by atoms with van der Waals surface area (Å²) in [4.78, 5) is 37.5. The van der Waals surface area contributed by atoms with E-state index in [0.717, 1.165) is 17.3 Å². The van der Waals surface area contributed by atoms with Gasteiger partial charge in [-0.2, -0.15) is 0 Å². The van der Waals surface area contributed by atoms with Crippen LogP contribution in [0.1, 0.15) is 18.1 Å². The zero-order valence-corrected chi connectivity index (χ0v) is 17.7. The Labute approximate surface area is 182 Å². The number of halogens is 1. The zero-order valence-electron chi connectivity index (χ0n) is 16.1. The first-order chi connectivity index (χ1) is 14.4. The topological polar surface area (TPSA) is 98.9 Å². The molecule has 156 valence electrons.